The summed E-state index contributed by atoms with van der Waals surface area (Å²) in [5, 5.41) is 13.1. The number of hydrogen-bond donors (Lipinski definition) is 4. The average molecular weight is 642 g/mol. The molecule has 15 heteroatoms. The van der Waals surface area contributed by atoms with Gasteiger partial charge >= 0.3 is 0 Å². The molecule has 4 bridgehead atoms. The predicted molar refractivity (Wildman–Crippen MR) is 164 cm³/mol. The highest BCUT2D eigenvalue weighted by atomic mass is 32.1. The number of nitrogens with two attached hydrogens (primary N) is 1. The second kappa shape index (κ2) is 15.5. The Morgan fingerprint density at radius 2 is 1.68 bits per heavy atom. The Balaban J connectivity index is 1.63. The monoisotopic (exact) mass is 641 g/mol. The van der Waals surface area contributed by atoms with E-state index in [0.717, 1.165) is 5.56 Å². The van der Waals surface area contributed by atoms with Crippen LogP contribution in [0.15, 0.2) is 41.1 Å². The molecule has 0 radical (unpaired) electrons. The molecule has 1 aliphatic heterocycles. The third-order valence-electron chi connectivity index (χ3n) is 6.69. The van der Waals surface area contributed by atoms with Gasteiger partial charge in [0.2, 0.25) is 17.7 Å². The number of carbonyl (C=O) groups excluding carboxylic acids is 5. The number of hydrogen-bond acceptors (Lipinski definition) is 10. The number of rotatable bonds is 7. The molecule has 13 nitrogen and oxygen atoms in total. The second-order valence-corrected chi connectivity index (χ2v) is 12.3. The molecule has 44 heavy (non-hydrogen) atoms. The summed E-state index contributed by atoms with van der Waals surface area (Å²) in [4.78, 5) is 73.8. The molecule has 2 atom stereocenters. The first-order valence-electron chi connectivity index (χ1n) is 14.1. The van der Waals surface area contributed by atoms with Gasteiger partial charge < -0.3 is 31.3 Å². The molecule has 0 saturated heterocycles. The van der Waals surface area contributed by atoms with Gasteiger partial charge in [0.25, 0.3) is 11.8 Å². The first-order valence-corrected chi connectivity index (χ1v) is 15.8. The minimum absolute atomic E-state index is 0.0196. The van der Waals surface area contributed by atoms with Gasteiger partial charge in [-0.3, -0.25) is 24.0 Å². The van der Waals surface area contributed by atoms with E-state index in [1.807, 2.05) is 44.2 Å². The Bertz CT molecular complexity index is 1480. The fourth-order valence-electron chi connectivity index (χ4n) is 4.46. The van der Waals surface area contributed by atoms with E-state index >= 15 is 0 Å². The Hall–Kier alpha value is -4.21. The summed E-state index contributed by atoms with van der Waals surface area (Å²) in [5.41, 5.74) is 6.46. The van der Waals surface area contributed by atoms with Crippen LogP contribution < -0.4 is 21.7 Å². The molecule has 0 unspecified atom stereocenters. The van der Waals surface area contributed by atoms with E-state index in [4.69, 9.17) is 10.5 Å². The molecule has 234 valence electrons. The van der Waals surface area contributed by atoms with E-state index in [0.29, 0.717) is 22.9 Å². The summed E-state index contributed by atoms with van der Waals surface area (Å²) in [6.07, 6.45) is 0.741. The zero-order valence-corrected chi connectivity index (χ0v) is 26.0. The van der Waals surface area contributed by atoms with Crippen molar-refractivity contribution in [3.05, 3.63) is 68.1 Å². The lowest BCUT2D eigenvalue weighted by Crippen LogP contribution is -2.44. The van der Waals surface area contributed by atoms with Crippen molar-refractivity contribution >= 4 is 52.2 Å². The summed E-state index contributed by atoms with van der Waals surface area (Å²) in [6, 6.07) is 8.50. The molecule has 1 aliphatic rings. The summed E-state index contributed by atoms with van der Waals surface area (Å²) in [7, 11) is 0. The molecule has 3 heterocycles. The zero-order chi connectivity index (χ0) is 31.6. The quantitative estimate of drug-likeness (QED) is 0.300. The van der Waals surface area contributed by atoms with Crippen LogP contribution in [0.25, 0.3) is 0 Å². The normalized spacial score (nSPS) is 18.4. The maximum Gasteiger partial charge on any atom is 0.271 e. The highest BCUT2D eigenvalue weighted by molar-refractivity contribution is 7.10. The number of fused-ring (bicyclic) bond motifs is 4. The Morgan fingerprint density at radius 1 is 1.00 bits per heavy atom. The zero-order valence-electron chi connectivity index (χ0n) is 24.4. The lowest BCUT2D eigenvalue weighted by Gasteiger charge is -2.24. The van der Waals surface area contributed by atoms with Crippen molar-refractivity contribution in [1.29, 1.82) is 0 Å². The molecule has 0 aliphatic carbocycles. The van der Waals surface area contributed by atoms with Crippen molar-refractivity contribution in [1.82, 2.24) is 30.8 Å². The molecule has 0 spiro atoms. The van der Waals surface area contributed by atoms with E-state index in [9.17, 15) is 24.0 Å². The topological polar surface area (TPSA) is 186 Å². The van der Waals surface area contributed by atoms with Crippen LogP contribution in [0.5, 0.6) is 0 Å². The molecule has 5 amide bonds. The van der Waals surface area contributed by atoms with Crippen LogP contribution >= 0.6 is 22.7 Å². The average Bonchev–Trinajstić information content (AvgIpc) is 3.68. The largest absolute Gasteiger partial charge is 0.368 e. The Morgan fingerprint density at radius 3 is 2.39 bits per heavy atom. The first-order chi connectivity index (χ1) is 21.1. The maximum atomic E-state index is 13.3. The van der Waals surface area contributed by atoms with Crippen molar-refractivity contribution in [3.63, 3.8) is 0 Å². The molecule has 5 N–H and O–H groups in total. The van der Waals surface area contributed by atoms with Crippen molar-refractivity contribution < 1.29 is 28.7 Å². The molecular formula is C29H35N7O6S2. The summed E-state index contributed by atoms with van der Waals surface area (Å²) in [6.45, 7) is 3.06. The molecule has 1 aromatic carbocycles. The number of nitrogens with one attached hydrogen (secondary N) is 3. The van der Waals surface area contributed by atoms with E-state index in [1.165, 1.54) is 27.6 Å². The van der Waals surface area contributed by atoms with Gasteiger partial charge in [-0.15, -0.1) is 22.7 Å². The molecule has 3 aromatic rings. The fourth-order valence-corrected chi connectivity index (χ4v) is 6.33. The van der Waals surface area contributed by atoms with E-state index in [2.05, 4.69) is 25.9 Å². The minimum Gasteiger partial charge on any atom is -0.368 e. The van der Waals surface area contributed by atoms with E-state index < -0.39 is 54.8 Å². The number of benzene rings is 1. The van der Waals surface area contributed by atoms with Crippen LogP contribution in [-0.4, -0.2) is 77.3 Å². The smallest absolute Gasteiger partial charge is 0.271 e. The number of primary amides is 1. The Kier molecular flexibility index (Phi) is 11.5. The summed E-state index contributed by atoms with van der Waals surface area (Å²) in [5.74, 6) is -2.51. The number of nitrogens with zero attached hydrogens (tertiary/aromatic N) is 3. The van der Waals surface area contributed by atoms with Crippen molar-refractivity contribution in [2.45, 2.75) is 38.8 Å². The van der Waals surface area contributed by atoms with Gasteiger partial charge in [-0.1, -0.05) is 44.2 Å². The maximum absolute atomic E-state index is 13.3. The minimum atomic E-state index is -0.723. The van der Waals surface area contributed by atoms with Gasteiger partial charge in [-0.25, -0.2) is 9.97 Å². The number of ether oxygens (including phenoxy) is 1. The standard InChI is InChI=1S/C29H35N7O6S2/c1-17(2)25-29-34-20(15-44-29)26(40)31-9-6-10-36(24(39)14-42-13-22(30)37)12-23(38)32-19(11-18-7-4-3-5-8-18)28-33-21(16-43-28)27(41)35-25/h3-5,7-8,15-17,19,25H,6,9-14H2,1-2H3,(H2,30,37)(H,31,40)(H,32,38)(H,35,41)/t19-,25-/m0/s1. The summed E-state index contributed by atoms with van der Waals surface area (Å²) >= 11 is 2.53. The van der Waals surface area contributed by atoms with Crippen molar-refractivity contribution in [2.24, 2.45) is 11.7 Å². The van der Waals surface area contributed by atoms with Crippen molar-refractivity contribution in [2.75, 3.05) is 32.8 Å². The lowest BCUT2D eigenvalue weighted by atomic mass is 10.0. The third-order valence-corrected chi connectivity index (χ3v) is 8.58. The van der Waals surface area contributed by atoms with Crippen LogP contribution in [0.4, 0.5) is 0 Å². The molecule has 0 fully saturated rings. The van der Waals surface area contributed by atoms with Crippen LogP contribution in [-0.2, 0) is 25.5 Å². The van der Waals surface area contributed by atoms with E-state index in [-0.39, 0.29) is 36.9 Å². The Labute approximate surface area is 262 Å². The number of thiazole rings is 2. The highest BCUT2D eigenvalue weighted by Crippen LogP contribution is 2.27. The van der Waals surface area contributed by atoms with Gasteiger partial charge in [0.15, 0.2) is 0 Å². The molecular weight excluding hydrogens is 606 g/mol. The van der Waals surface area contributed by atoms with E-state index in [1.54, 1.807) is 10.8 Å². The number of amides is 5. The third kappa shape index (κ3) is 9.14. The highest BCUT2D eigenvalue weighted by Gasteiger charge is 2.27. The van der Waals surface area contributed by atoms with Gasteiger partial charge in [0.1, 0.15) is 34.6 Å². The van der Waals surface area contributed by atoms with Crippen LogP contribution in [0.1, 0.15) is 68.9 Å². The molecule has 0 saturated carbocycles. The first kappa shape index (κ1) is 32.7. The van der Waals surface area contributed by atoms with Gasteiger partial charge in [-0.2, -0.15) is 0 Å². The van der Waals surface area contributed by atoms with Gasteiger partial charge in [-0.05, 0) is 24.3 Å². The molecule has 4 rings (SSSR count). The van der Waals surface area contributed by atoms with Crippen LogP contribution in [0.2, 0.25) is 0 Å². The van der Waals surface area contributed by atoms with Gasteiger partial charge in [0.05, 0.1) is 18.6 Å². The van der Waals surface area contributed by atoms with Gasteiger partial charge in [0, 0.05) is 23.8 Å². The lowest BCUT2D eigenvalue weighted by molar-refractivity contribution is -0.141. The van der Waals surface area contributed by atoms with Crippen LogP contribution in [0.3, 0.4) is 0 Å². The van der Waals surface area contributed by atoms with Crippen molar-refractivity contribution in [3.8, 4) is 0 Å². The fraction of sp³-hybridized carbons (Fsp3) is 0.414. The second-order valence-electron chi connectivity index (χ2n) is 10.5. The summed E-state index contributed by atoms with van der Waals surface area (Å²) < 4.78 is 5.09. The van der Waals surface area contributed by atoms with Crippen LogP contribution in [0, 0.1) is 5.92 Å². The molecule has 2 aromatic heterocycles. The SMILES string of the molecule is CC(C)[C@@H]1NC(=O)c2csc(n2)[C@H](Cc2ccccc2)NC(=O)CN(C(=O)COCC(N)=O)CCCNC(=O)c2csc1n2. The number of aromatic nitrogens is 2. The number of carbonyl (C=O) groups is 5. The predicted octanol–water partition coefficient (Wildman–Crippen LogP) is 1.59.